The van der Waals surface area contributed by atoms with Crippen LogP contribution in [0.2, 0.25) is 0 Å². The van der Waals surface area contributed by atoms with E-state index < -0.39 is 0 Å². The summed E-state index contributed by atoms with van der Waals surface area (Å²) in [5.41, 5.74) is 2.57. The van der Waals surface area contributed by atoms with Crippen LogP contribution in [-0.4, -0.2) is 25.2 Å². The summed E-state index contributed by atoms with van der Waals surface area (Å²) in [6.45, 7) is 2.64. The zero-order valence-electron chi connectivity index (χ0n) is 10.6. The second kappa shape index (κ2) is 4.26. The van der Waals surface area contributed by atoms with E-state index in [2.05, 4.69) is 22.0 Å². The molecule has 1 heterocycles. The molecule has 3 nitrogen and oxygen atoms in total. The highest BCUT2D eigenvalue weighted by atomic mass is 79.9. The highest BCUT2D eigenvalue weighted by molar-refractivity contribution is 9.10. The first kappa shape index (κ1) is 12.0. The van der Waals surface area contributed by atoms with Crippen molar-refractivity contribution in [2.75, 3.05) is 13.7 Å². The first-order valence-corrected chi connectivity index (χ1v) is 6.96. The van der Waals surface area contributed by atoms with Crippen LogP contribution in [-0.2, 0) is 17.6 Å². The molecule has 0 fully saturated rings. The number of benzene rings is 1. The average molecular weight is 310 g/mol. The summed E-state index contributed by atoms with van der Waals surface area (Å²) in [6.07, 6.45) is 2.97. The molecule has 96 valence electrons. The fraction of sp³-hybridized carbons (Fsp3) is 0.500. The van der Waals surface area contributed by atoms with Gasteiger partial charge in [-0.1, -0.05) is 15.9 Å². The standard InChI is InChI=1S/C14H16BrNO2/c1-9-16-14(8-18-9)6-5-10-11(7-14)13(17-2)4-3-12(10)15/h3-4H,5-8H2,1-2H3. The molecule has 1 aromatic rings. The van der Waals surface area contributed by atoms with E-state index in [-0.39, 0.29) is 5.54 Å². The topological polar surface area (TPSA) is 30.8 Å². The van der Waals surface area contributed by atoms with Crippen molar-refractivity contribution in [3.8, 4) is 5.75 Å². The van der Waals surface area contributed by atoms with E-state index in [0.29, 0.717) is 6.61 Å². The maximum atomic E-state index is 5.56. The molecule has 0 saturated heterocycles. The largest absolute Gasteiger partial charge is 0.496 e. The first-order chi connectivity index (χ1) is 8.63. The molecule has 1 aromatic carbocycles. The zero-order chi connectivity index (χ0) is 12.8. The minimum Gasteiger partial charge on any atom is -0.496 e. The van der Waals surface area contributed by atoms with Gasteiger partial charge in [-0.15, -0.1) is 0 Å². The van der Waals surface area contributed by atoms with Crippen LogP contribution in [0.1, 0.15) is 24.5 Å². The molecule has 4 heteroatoms. The third kappa shape index (κ3) is 1.83. The molecular formula is C14H16BrNO2. The molecule has 0 N–H and O–H groups in total. The molecule has 18 heavy (non-hydrogen) atoms. The van der Waals surface area contributed by atoms with Crippen LogP contribution >= 0.6 is 15.9 Å². The minimum atomic E-state index is -0.0643. The molecule has 1 aliphatic heterocycles. The van der Waals surface area contributed by atoms with Crippen molar-refractivity contribution in [1.82, 2.24) is 0 Å². The number of aliphatic imine (C=N–C) groups is 1. The Balaban J connectivity index is 2.04. The van der Waals surface area contributed by atoms with Gasteiger partial charge in [0.25, 0.3) is 0 Å². The molecule has 0 radical (unpaired) electrons. The predicted octanol–water partition coefficient (Wildman–Crippen LogP) is 3.13. The minimum absolute atomic E-state index is 0.0643. The lowest BCUT2D eigenvalue weighted by atomic mass is 9.78. The van der Waals surface area contributed by atoms with Crippen molar-refractivity contribution in [3.05, 3.63) is 27.7 Å². The number of hydrogen-bond donors (Lipinski definition) is 0. The van der Waals surface area contributed by atoms with Crippen LogP contribution in [0.3, 0.4) is 0 Å². The Labute approximate surface area is 115 Å². The van der Waals surface area contributed by atoms with Gasteiger partial charge in [0.05, 0.1) is 7.11 Å². The van der Waals surface area contributed by atoms with Crippen molar-refractivity contribution in [1.29, 1.82) is 0 Å². The van der Waals surface area contributed by atoms with Crippen molar-refractivity contribution < 1.29 is 9.47 Å². The molecule has 0 amide bonds. The zero-order valence-corrected chi connectivity index (χ0v) is 12.2. The smallest absolute Gasteiger partial charge is 0.180 e. The van der Waals surface area contributed by atoms with Crippen LogP contribution < -0.4 is 4.74 Å². The summed E-state index contributed by atoms with van der Waals surface area (Å²) in [6, 6.07) is 4.09. The molecular weight excluding hydrogens is 294 g/mol. The molecule has 0 saturated carbocycles. The Morgan fingerprint density at radius 1 is 1.39 bits per heavy atom. The van der Waals surface area contributed by atoms with Gasteiger partial charge in [-0.05, 0) is 30.5 Å². The number of fused-ring (bicyclic) bond motifs is 1. The van der Waals surface area contributed by atoms with Crippen molar-refractivity contribution in [3.63, 3.8) is 0 Å². The van der Waals surface area contributed by atoms with Gasteiger partial charge >= 0.3 is 0 Å². The molecule has 0 bridgehead atoms. The van der Waals surface area contributed by atoms with Gasteiger partial charge in [-0.3, -0.25) is 0 Å². The van der Waals surface area contributed by atoms with Gasteiger partial charge in [0.1, 0.15) is 17.9 Å². The van der Waals surface area contributed by atoms with Crippen molar-refractivity contribution in [2.24, 2.45) is 4.99 Å². The van der Waals surface area contributed by atoms with Gasteiger partial charge in [-0.2, -0.15) is 0 Å². The van der Waals surface area contributed by atoms with Crippen LogP contribution in [0.25, 0.3) is 0 Å². The second-order valence-corrected chi connectivity index (χ2v) is 5.88. The summed E-state index contributed by atoms with van der Waals surface area (Å²) in [7, 11) is 1.73. The van der Waals surface area contributed by atoms with Crippen LogP contribution in [0.15, 0.2) is 21.6 Å². The Morgan fingerprint density at radius 3 is 2.89 bits per heavy atom. The predicted molar refractivity (Wildman–Crippen MR) is 74.5 cm³/mol. The van der Waals surface area contributed by atoms with Gasteiger partial charge in [0, 0.05) is 23.4 Å². The van der Waals surface area contributed by atoms with E-state index in [9.17, 15) is 0 Å². The van der Waals surface area contributed by atoms with E-state index in [1.54, 1.807) is 7.11 Å². The molecule has 1 unspecified atom stereocenters. The molecule has 1 atom stereocenters. The Hall–Kier alpha value is -1.03. The lowest BCUT2D eigenvalue weighted by Crippen LogP contribution is -2.35. The number of nitrogens with zero attached hydrogens (tertiary/aromatic N) is 1. The fourth-order valence-electron chi connectivity index (χ4n) is 2.93. The van der Waals surface area contributed by atoms with E-state index in [0.717, 1.165) is 30.9 Å². The van der Waals surface area contributed by atoms with Gasteiger partial charge in [-0.25, -0.2) is 4.99 Å². The molecule has 0 aromatic heterocycles. The Kier molecular flexibility index (Phi) is 2.85. The number of methoxy groups -OCH3 is 1. The van der Waals surface area contributed by atoms with Gasteiger partial charge < -0.3 is 9.47 Å². The Bertz CT molecular complexity index is 527. The number of halogens is 1. The van der Waals surface area contributed by atoms with Crippen LogP contribution in [0, 0.1) is 0 Å². The highest BCUT2D eigenvalue weighted by Crippen LogP contribution is 2.41. The summed E-state index contributed by atoms with van der Waals surface area (Å²) in [4.78, 5) is 4.71. The molecule has 1 spiro atoms. The normalized spacial score (nSPS) is 25.6. The maximum absolute atomic E-state index is 5.56. The molecule has 3 rings (SSSR count). The lowest BCUT2D eigenvalue weighted by molar-refractivity contribution is 0.233. The van der Waals surface area contributed by atoms with E-state index >= 15 is 0 Å². The van der Waals surface area contributed by atoms with E-state index in [1.165, 1.54) is 15.6 Å². The van der Waals surface area contributed by atoms with Crippen molar-refractivity contribution in [2.45, 2.75) is 31.7 Å². The van der Waals surface area contributed by atoms with Crippen LogP contribution in [0.4, 0.5) is 0 Å². The number of ether oxygens (including phenoxy) is 2. The SMILES string of the molecule is COc1ccc(Br)c2c1CC1(CC2)COC(C)=N1. The summed E-state index contributed by atoms with van der Waals surface area (Å²) < 4.78 is 12.2. The molecule has 1 aliphatic carbocycles. The third-order valence-corrected chi connectivity index (χ3v) is 4.58. The highest BCUT2D eigenvalue weighted by Gasteiger charge is 2.40. The lowest BCUT2D eigenvalue weighted by Gasteiger charge is -2.32. The summed E-state index contributed by atoms with van der Waals surface area (Å²) in [5, 5.41) is 0. The fourth-order valence-corrected chi connectivity index (χ4v) is 3.50. The maximum Gasteiger partial charge on any atom is 0.180 e. The second-order valence-electron chi connectivity index (χ2n) is 5.03. The van der Waals surface area contributed by atoms with Crippen molar-refractivity contribution >= 4 is 21.8 Å². The van der Waals surface area contributed by atoms with E-state index in [1.807, 2.05) is 13.0 Å². The first-order valence-electron chi connectivity index (χ1n) is 6.17. The Morgan fingerprint density at radius 2 is 2.22 bits per heavy atom. The van der Waals surface area contributed by atoms with E-state index in [4.69, 9.17) is 14.5 Å². The summed E-state index contributed by atoms with van der Waals surface area (Å²) >= 11 is 3.63. The summed E-state index contributed by atoms with van der Waals surface area (Å²) in [5.74, 6) is 1.78. The van der Waals surface area contributed by atoms with Gasteiger partial charge in [0.15, 0.2) is 5.90 Å². The number of rotatable bonds is 1. The monoisotopic (exact) mass is 309 g/mol. The molecule has 2 aliphatic rings. The average Bonchev–Trinajstić information content (AvgIpc) is 2.71. The third-order valence-electron chi connectivity index (χ3n) is 3.84. The van der Waals surface area contributed by atoms with Gasteiger partial charge in [0.2, 0.25) is 0 Å². The number of hydrogen-bond acceptors (Lipinski definition) is 3. The van der Waals surface area contributed by atoms with Crippen LogP contribution in [0.5, 0.6) is 5.75 Å². The quantitative estimate of drug-likeness (QED) is 0.798.